The summed E-state index contributed by atoms with van der Waals surface area (Å²) in [6.07, 6.45) is 7.73. The van der Waals surface area contributed by atoms with Gasteiger partial charge in [0.15, 0.2) is 0 Å². The second kappa shape index (κ2) is 5.52. The van der Waals surface area contributed by atoms with Gasteiger partial charge in [-0.05, 0) is 40.8 Å². The molecule has 0 unspecified atom stereocenters. The molecule has 0 spiro atoms. The number of rotatable bonds is 1. The molecule has 0 aromatic heterocycles. The molecule has 13 heavy (non-hydrogen) atoms. The van der Waals surface area contributed by atoms with Crippen molar-refractivity contribution in [1.82, 2.24) is 0 Å². The first kappa shape index (κ1) is 10.9. The highest BCUT2D eigenvalue weighted by Gasteiger charge is 2.09. The maximum atomic E-state index is 10.4. The summed E-state index contributed by atoms with van der Waals surface area (Å²) in [6, 6.07) is 0. The van der Waals surface area contributed by atoms with Crippen LogP contribution in [0.3, 0.4) is 0 Å². The Bertz CT molecular complexity index is 286. The van der Waals surface area contributed by atoms with Crippen LogP contribution in [-0.4, -0.2) is 9.62 Å². The number of halogens is 1. The fourth-order valence-corrected chi connectivity index (χ4v) is 2.40. The van der Waals surface area contributed by atoms with Gasteiger partial charge in [0.1, 0.15) is 5.04 Å². The molecule has 0 saturated heterocycles. The van der Waals surface area contributed by atoms with Gasteiger partial charge in [0.2, 0.25) is 0 Å². The molecule has 0 fully saturated rings. The highest BCUT2D eigenvalue weighted by Crippen LogP contribution is 2.30. The van der Waals surface area contributed by atoms with E-state index >= 15 is 0 Å². The largest absolute Gasteiger partial charge is 0.293 e. The first-order valence-corrected chi connectivity index (χ1v) is 6.21. The molecule has 0 aromatic carbocycles. The van der Waals surface area contributed by atoms with E-state index in [1.807, 2.05) is 12.2 Å². The van der Waals surface area contributed by atoms with E-state index < -0.39 is 4.57 Å². The molecule has 0 radical (unpaired) electrons. The summed E-state index contributed by atoms with van der Waals surface area (Å²) in [6.45, 7) is 0. The molecule has 0 atom stereocenters. The predicted molar refractivity (Wildman–Crippen MR) is 60.6 cm³/mol. The number of nitrogens with one attached hydrogen (secondary N) is 1. The standard InChI is InChI=1S/C8H8ClNOS2/c9-8(11)13-12-7(10)6-4-2-1-3-5-6/h1-2,4,10H,3,5H2. The van der Waals surface area contributed by atoms with Gasteiger partial charge in [-0.25, -0.2) is 0 Å². The van der Waals surface area contributed by atoms with Crippen molar-refractivity contribution < 1.29 is 4.79 Å². The molecule has 0 heterocycles. The zero-order valence-corrected chi connectivity index (χ0v) is 9.14. The van der Waals surface area contributed by atoms with E-state index in [0.717, 1.165) is 40.0 Å². The Labute approximate surface area is 89.7 Å². The molecule has 0 aromatic rings. The number of hydrogen-bond acceptors (Lipinski definition) is 4. The van der Waals surface area contributed by atoms with Gasteiger partial charge >= 0.3 is 0 Å². The van der Waals surface area contributed by atoms with Crippen LogP contribution < -0.4 is 0 Å². The molecule has 0 aliphatic heterocycles. The number of hydrogen-bond donors (Lipinski definition) is 1. The minimum Gasteiger partial charge on any atom is -0.293 e. The van der Waals surface area contributed by atoms with Crippen molar-refractivity contribution in [2.24, 2.45) is 0 Å². The highest BCUT2D eigenvalue weighted by atomic mass is 35.5. The minimum absolute atomic E-state index is 0.420. The van der Waals surface area contributed by atoms with Gasteiger partial charge in [0.05, 0.1) is 0 Å². The van der Waals surface area contributed by atoms with Gasteiger partial charge < -0.3 is 0 Å². The zero-order chi connectivity index (χ0) is 9.68. The summed E-state index contributed by atoms with van der Waals surface area (Å²) in [5, 5.41) is 8.03. The van der Waals surface area contributed by atoms with Crippen LogP contribution in [0.25, 0.3) is 0 Å². The molecule has 2 nitrogen and oxygen atoms in total. The van der Waals surface area contributed by atoms with Crippen LogP contribution in [0, 0.1) is 5.41 Å². The number of carbonyl (C=O) groups excluding carboxylic acids is 1. The van der Waals surface area contributed by atoms with Gasteiger partial charge in [-0.3, -0.25) is 10.2 Å². The highest BCUT2D eigenvalue weighted by molar-refractivity contribution is 8.87. The summed E-state index contributed by atoms with van der Waals surface area (Å²) >= 11 is 5.13. The molecule has 1 rings (SSSR count). The number of allylic oxidation sites excluding steroid dienone is 3. The lowest BCUT2D eigenvalue weighted by atomic mass is 10.1. The van der Waals surface area contributed by atoms with E-state index in [0.29, 0.717) is 5.04 Å². The van der Waals surface area contributed by atoms with Crippen molar-refractivity contribution in [2.75, 3.05) is 0 Å². The Hall–Kier alpha value is -0.190. The lowest BCUT2D eigenvalue weighted by Gasteiger charge is -2.07. The van der Waals surface area contributed by atoms with E-state index in [9.17, 15) is 4.79 Å². The molecule has 5 heteroatoms. The SMILES string of the molecule is N=C(SSC(=O)Cl)C1=CC=CCC1. The Morgan fingerprint density at radius 2 is 2.31 bits per heavy atom. The Morgan fingerprint density at radius 1 is 1.54 bits per heavy atom. The second-order valence-electron chi connectivity index (χ2n) is 2.39. The van der Waals surface area contributed by atoms with Crippen molar-refractivity contribution in [3.63, 3.8) is 0 Å². The van der Waals surface area contributed by atoms with Crippen molar-refractivity contribution in [2.45, 2.75) is 12.8 Å². The third-order valence-electron chi connectivity index (χ3n) is 1.50. The molecule has 70 valence electrons. The molecular formula is C8H8ClNOS2. The number of carbonyl (C=O) groups is 1. The van der Waals surface area contributed by atoms with Crippen LogP contribution in [0.15, 0.2) is 23.8 Å². The van der Waals surface area contributed by atoms with Gasteiger partial charge in [0.25, 0.3) is 4.57 Å². The molecule has 1 aliphatic rings. The van der Waals surface area contributed by atoms with Crippen molar-refractivity contribution in [3.05, 3.63) is 23.8 Å². The average molecular weight is 234 g/mol. The normalized spacial score (nSPS) is 15.3. The monoisotopic (exact) mass is 233 g/mol. The first-order chi connectivity index (χ1) is 6.20. The fraction of sp³-hybridized carbons (Fsp3) is 0.250. The molecule has 1 N–H and O–H groups in total. The summed E-state index contributed by atoms with van der Waals surface area (Å²) in [4.78, 5) is 10.4. The Morgan fingerprint density at radius 3 is 2.85 bits per heavy atom. The van der Waals surface area contributed by atoms with Crippen LogP contribution in [0.4, 0.5) is 4.79 Å². The van der Waals surface area contributed by atoms with Crippen LogP contribution in [-0.2, 0) is 0 Å². The van der Waals surface area contributed by atoms with Gasteiger partial charge in [-0.1, -0.05) is 18.2 Å². The Balaban J connectivity index is 2.43. The lowest BCUT2D eigenvalue weighted by Crippen LogP contribution is -1.96. The van der Waals surface area contributed by atoms with E-state index in [1.165, 1.54) is 0 Å². The third kappa shape index (κ3) is 4.02. The molecule has 1 aliphatic carbocycles. The van der Waals surface area contributed by atoms with Gasteiger partial charge in [0, 0.05) is 10.8 Å². The zero-order valence-electron chi connectivity index (χ0n) is 6.75. The van der Waals surface area contributed by atoms with Crippen LogP contribution in [0.1, 0.15) is 12.8 Å². The molecule has 0 amide bonds. The average Bonchev–Trinajstić information content (AvgIpc) is 2.15. The smallest absolute Gasteiger partial charge is 0.290 e. The summed E-state index contributed by atoms with van der Waals surface area (Å²) in [7, 11) is 1.99. The first-order valence-electron chi connectivity index (χ1n) is 3.69. The fourth-order valence-electron chi connectivity index (χ4n) is 0.920. The second-order valence-corrected chi connectivity index (χ2v) is 5.07. The van der Waals surface area contributed by atoms with Gasteiger partial charge in [-0.2, -0.15) is 0 Å². The maximum absolute atomic E-state index is 10.4. The summed E-state index contributed by atoms with van der Waals surface area (Å²) in [5.74, 6) is 0. The van der Waals surface area contributed by atoms with E-state index in [1.54, 1.807) is 0 Å². The lowest BCUT2D eigenvalue weighted by molar-refractivity contribution is 0.276. The topological polar surface area (TPSA) is 40.9 Å². The third-order valence-corrected chi connectivity index (χ3v) is 3.85. The summed E-state index contributed by atoms with van der Waals surface area (Å²) in [5.41, 5.74) is 0.970. The van der Waals surface area contributed by atoms with E-state index in [2.05, 4.69) is 6.08 Å². The quantitative estimate of drug-likeness (QED) is 0.322. The molecular weight excluding hydrogens is 226 g/mol. The summed E-state index contributed by atoms with van der Waals surface area (Å²) < 4.78 is -0.485. The van der Waals surface area contributed by atoms with Crippen molar-refractivity contribution >= 4 is 42.8 Å². The van der Waals surface area contributed by atoms with E-state index in [4.69, 9.17) is 17.0 Å². The van der Waals surface area contributed by atoms with Crippen LogP contribution in [0.5, 0.6) is 0 Å². The van der Waals surface area contributed by atoms with Gasteiger partial charge in [-0.15, -0.1) is 0 Å². The molecule has 0 saturated carbocycles. The van der Waals surface area contributed by atoms with Crippen molar-refractivity contribution in [3.8, 4) is 0 Å². The Kier molecular flexibility index (Phi) is 4.62. The predicted octanol–water partition coefficient (Wildman–Crippen LogP) is 3.98. The minimum atomic E-state index is -0.485. The van der Waals surface area contributed by atoms with Crippen LogP contribution in [0.2, 0.25) is 0 Å². The van der Waals surface area contributed by atoms with Crippen molar-refractivity contribution in [1.29, 1.82) is 5.41 Å². The molecule has 0 bridgehead atoms. The van der Waals surface area contributed by atoms with Crippen LogP contribution >= 0.6 is 33.2 Å². The maximum Gasteiger partial charge on any atom is 0.290 e. The van der Waals surface area contributed by atoms with E-state index in [-0.39, 0.29) is 0 Å².